The molecule has 0 saturated carbocycles. The lowest BCUT2D eigenvalue weighted by Crippen LogP contribution is -1.74. The molecule has 0 aliphatic rings. The second kappa shape index (κ2) is 2.06. The minimum absolute atomic E-state index is 0.0266. The summed E-state index contributed by atoms with van der Waals surface area (Å²) in [4.78, 5) is 8.87. The van der Waals surface area contributed by atoms with Crippen LogP contribution in [0.15, 0.2) is 0 Å². The zero-order valence-electron chi connectivity index (χ0n) is 4.72. The first-order chi connectivity index (χ1) is 3.12. The van der Waals surface area contributed by atoms with E-state index in [4.69, 9.17) is 6.26 Å². The van der Waals surface area contributed by atoms with Crippen molar-refractivity contribution in [1.82, 2.24) is 0 Å². The van der Waals surface area contributed by atoms with E-state index in [9.17, 15) is 0 Å². The molecule has 1 atom stereocenters. The van der Waals surface area contributed by atoms with E-state index in [1.54, 1.807) is 0 Å². The third kappa shape index (κ3) is 4.61. The van der Waals surface area contributed by atoms with Crippen molar-refractivity contribution in [1.29, 1.82) is 0 Å². The summed E-state index contributed by atoms with van der Waals surface area (Å²) in [5, 5.41) is 0. The summed E-state index contributed by atoms with van der Waals surface area (Å²) >= 11 is 4.62. The maximum atomic E-state index is 8.87. The van der Waals surface area contributed by atoms with Crippen molar-refractivity contribution < 1.29 is 6.26 Å². The van der Waals surface area contributed by atoms with Gasteiger partial charge in [-0.1, -0.05) is 18.7 Å². The van der Waals surface area contributed by atoms with Crippen LogP contribution in [0.1, 0.15) is 8.29 Å². The SMILES string of the molecule is [2H]CP(O)(=S)CC. The van der Waals surface area contributed by atoms with Crippen LogP contribution in [0.3, 0.4) is 0 Å². The first-order valence-corrected chi connectivity index (χ1v) is 4.85. The van der Waals surface area contributed by atoms with Gasteiger partial charge in [-0.2, -0.15) is 0 Å². The largest absolute Gasteiger partial charge is 0.365 e. The van der Waals surface area contributed by atoms with Gasteiger partial charge in [-0.05, 0) is 12.8 Å². The summed E-state index contributed by atoms with van der Waals surface area (Å²) in [5.41, 5.74) is 0. The van der Waals surface area contributed by atoms with Gasteiger partial charge in [-0.25, -0.2) is 0 Å². The highest BCUT2D eigenvalue weighted by molar-refractivity contribution is 8.11. The molecule has 1 N–H and O–H groups in total. The molecule has 0 saturated heterocycles. The minimum atomic E-state index is -2.15. The van der Waals surface area contributed by atoms with Crippen molar-refractivity contribution in [2.45, 2.75) is 6.92 Å². The Morgan fingerprint density at radius 2 is 2.67 bits per heavy atom. The maximum Gasteiger partial charge on any atom is 0.0605 e. The van der Waals surface area contributed by atoms with Crippen molar-refractivity contribution >= 4 is 18.1 Å². The summed E-state index contributed by atoms with van der Waals surface area (Å²) in [6, 6.07) is 0. The second-order valence-electron chi connectivity index (χ2n) is 1.16. The van der Waals surface area contributed by atoms with Crippen LogP contribution in [0.2, 0.25) is 0 Å². The van der Waals surface area contributed by atoms with Crippen molar-refractivity contribution in [2.75, 3.05) is 12.8 Å². The highest BCUT2D eigenvalue weighted by Crippen LogP contribution is 2.33. The highest BCUT2D eigenvalue weighted by atomic mass is 32.4. The lowest BCUT2D eigenvalue weighted by molar-refractivity contribution is 0.629. The predicted molar refractivity (Wildman–Crippen MR) is 33.0 cm³/mol. The zero-order chi connectivity index (χ0) is 5.91. The standard InChI is InChI=1S/C3H9OPS/c1-3-5(2,4)6/h3H2,1-2H3,(H,4,6)/i2D. The molecular formula is C3H9OPS. The van der Waals surface area contributed by atoms with E-state index in [-0.39, 0.29) is 6.64 Å². The van der Waals surface area contributed by atoms with E-state index in [0.717, 1.165) is 0 Å². The van der Waals surface area contributed by atoms with Crippen LogP contribution in [-0.2, 0) is 11.8 Å². The summed E-state index contributed by atoms with van der Waals surface area (Å²) < 4.78 is 6.70. The van der Waals surface area contributed by atoms with Gasteiger partial charge in [0.15, 0.2) is 0 Å². The number of hydrogen-bond donors (Lipinski definition) is 1. The molecule has 0 rings (SSSR count). The van der Waals surface area contributed by atoms with Gasteiger partial charge in [-0.15, -0.1) is 0 Å². The Morgan fingerprint density at radius 3 is 2.67 bits per heavy atom. The molecule has 38 valence electrons. The molecule has 1 unspecified atom stereocenters. The van der Waals surface area contributed by atoms with Gasteiger partial charge in [0.05, 0.1) is 6.26 Å². The van der Waals surface area contributed by atoms with Crippen molar-refractivity contribution in [2.24, 2.45) is 0 Å². The quantitative estimate of drug-likeness (QED) is 0.528. The van der Waals surface area contributed by atoms with E-state index in [1.807, 2.05) is 6.92 Å². The molecule has 0 aromatic carbocycles. The van der Waals surface area contributed by atoms with E-state index < -0.39 is 6.26 Å². The van der Waals surface area contributed by atoms with Crippen LogP contribution in [0.4, 0.5) is 0 Å². The number of hydrogen-bond acceptors (Lipinski definition) is 1. The minimum Gasteiger partial charge on any atom is -0.365 e. The van der Waals surface area contributed by atoms with Gasteiger partial charge in [0.1, 0.15) is 0 Å². The van der Waals surface area contributed by atoms with Crippen LogP contribution < -0.4 is 0 Å². The smallest absolute Gasteiger partial charge is 0.0605 e. The Balaban J connectivity index is 3.61. The fourth-order valence-corrected chi connectivity index (χ4v) is 0. The summed E-state index contributed by atoms with van der Waals surface area (Å²) in [6.07, 6.45) is -1.57. The molecule has 1 nitrogen and oxygen atoms in total. The average Bonchev–Trinajstić information content (AvgIpc) is 1.68. The van der Waals surface area contributed by atoms with Gasteiger partial charge in [0.25, 0.3) is 0 Å². The monoisotopic (exact) mass is 125 g/mol. The Hall–Kier alpha value is 0.610. The third-order valence-corrected chi connectivity index (χ3v) is 2.26. The zero-order valence-corrected chi connectivity index (χ0v) is 5.43. The van der Waals surface area contributed by atoms with Gasteiger partial charge < -0.3 is 4.89 Å². The van der Waals surface area contributed by atoms with E-state index in [2.05, 4.69) is 11.8 Å². The summed E-state index contributed by atoms with van der Waals surface area (Å²) in [7, 11) is 0. The van der Waals surface area contributed by atoms with E-state index in [1.165, 1.54) is 0 Å². The van der Waals surface area contributed by atoms with Crippen molar-refractivity contribution in [3.05, 3.63) is 0 Å². The molecular weight excluding hydrogens is 115 g/mol. The van der Waals surface area contributed by atoms with E-state index in [0.29, 0.717) is 6.16 Å². The first-order valence-electron chi connectivity index (χ1n) is 2.43. The van der Waals surface area contributed by atoms with Crippen molar-refractivity contribution in [3.8, 4) is 0 Å². The molecule has 0 heterocycles. The van der Waals surface area contributed by atoms with Crippen LogP contribution in [-0.4, -0.2) is 17.7 Å². The van der Waals surface area contributed by atoms with Gasteiger partial charge >= 0.3 is 0 Å². The molecule has 6 heavy (non-hydrogen) atoms. The van der Waals surface area contributed by atoms with Crippen LogP contribution >= 0.6 is 6.26 Å². The Bertz CT molecular complexity index is 86.9. The predicted octanol–water partition coefficient (Wildman–Crippen LogP) is 1.02. The summed E-state index contributed by atoms with van der Waals surface area (Å²) in [5.74, 6) is 0. The number of rotatable bonds is 1. The Morgan fingerprint density at radius 1 is 2.17 bits per heavy atom. The van der Waals surface area contributed by atoms with E-state index >= 15 is 0 Å². The fraction of sp³-hybridized carbons (Fsp3) is 1.00. The summed E-state index contributed by atoms with van der Waals surface area (Å²) in [6.45, 7) is 1.84. The maximum absolute atomic E-state index is 8.87. The molecule has 0 aromatic rings. The lowest BCUT2D eigenvalue weighted by Gasteiger charge is -1.99. The Kier molecular flexibility index (Phi) is 1.63. The van der Waals surface area contributed by atoms with Gasteiger partial charge in [0, 0.05) is 1.37 Å². The third-order valence-electron chi connectivity index (χ3n) is 0.494. The molecule has 0 aromatic heterocycles. The molecule has 3 heteroatoms. The van der Waals surface area contributed by atoms with Crippen LogP contribution in [0.5, 0.6) is 0 Å². The Labute approximate surface area is 44.9 Å². The molecule has 0 aliphatic carbocycles. The van der Waals surface area contributed by atoms with Crippen LogP contribution in [0.25, 0.3) is 0 Å². The van der Waals surface area contributed by atoms with Gasteiger partial charge in [0.2, 0.25) is 0 Å². The molecule has 0 bridgehead atoms. The fourth-order valence-electron chi connectivity index (χ4n) is 0. The molecule has 0 amide bonds. The first kappa shape index (κ1) is 4.76. The van der Waals surface area contributed by atoms with Gasteiger partial charge in [-0.3, -0.25) is 0 Å². The van der Waals surface area contributed by atoms with Crippen LogP contribution in [0, 0.1) is 0 Å². The highest BCUT2D eigenvalue weighted by Gasteiger charge is 1.95. The molecule has 0 spiro atoms. The van der Waals surface area contributed by atoms with Crippen molar-refractivity contribution in [3.63, 3.8) is 0 Å². The molecule has 0 fully saturated rings. The molecule has 0 radical (unpaired) electrons. The average molecular weight is 125 g/mol. The second-order valence-corrected chi connectivity index (χ2v) is 5.53. The topological polar surface area (TPSA) is 20.2 Å². The molecule has 0 aliphatic heterocycles. The lowest BCUT2D eigenvalue weighted by atomic mass is 11.0. The normalized spacial score (nSPS) is 22.0.